The van der Waals surface area contributed by atoms with Crippen molar-refractivity contribution in [1.82, 2.24) is 29.9 Å². The van der Waals surface area contributed by atoms with Gasteiger partial charge in [0.05, 0.1) is 25.0 Å². The van der Waals surface area contributed by atoms with Crippen molar-refractivity contribution in [3.05, 3.63) is 35.7 Å². The summed E-state index contributed by atoms with van der Waals surface area (Å²) >= 11 is 0. The minimum atomic E-state index is -0.109. The Balaban J connectivity index is 1.48. The lowest BCUT2D eigenvalue weighted by Crippen LogP contribution is -2.31. The van der Waals surface area contributed by atoms with E-state index < -0.39 is 0 Å². The number of nitrogens with zero attached hydrogens (tertiary/aromatic N) is 6. The molecular weight excluding hydrogens is 308 g/mol. The standard InChI is InChI=1S/C16H20N6O2/c23-16(13-8-17-4-5-18-13)21-6-1-7-22-15(9-21)14(19-20-22)11-24-10-12-2-3-12/h4-5,8,12H,1-3,6-7,9-11H2. The fraction of sp³-hybridized carbons (Fsp3) is 0.562. The summed E-state index contributed by atoms with van der Waals surface area (Å²) in [4.78, 5) is 22.5. The van der Waals surface area contributed by atoms with E-state index in [2.05, 4.69) is 20.3 Å². The molecule has 24 heavy (non-hydrogen) atoms. The quantitative estimate of drug-likeness (QED) is 0.815. The first-order valence-electron chi connectivity index (χ1n) is 8.35. The average Bonchev–Trinajstić information content (AvgIpc) is 3.40. The van der Waals surface area contributed by atoms with Crippen LogP contribution in [0.25, 0.3) is 0 Å². The van der Waals surface area contributed by atoms with Crippen molar-refractivity contribution in [2.45, 2.75) is 39.0 Å². The Morgan fingerprint density at radius 3 is 3.00 bits per heavy atom. The summed E-state index contributed by atoms with van der Waals surface area (Å²) in [5.74, 6) is 0.608. The monoisotopic (exact) mass is 328 g/mol. The van der Waals surface area contributed by atoms with Gasteiger partial charge in [-0.25, -0.2) is 9.67 Å². The van der Waals surface area contributed by atoms with E-state index in [1.807, 2.05) is 4.68 Å². The normalized spacial score (nSPS) is 17.4. The largest absolute Gasteiger partial charge is 0.375 e. The van der Waals surface area contributed by atoms with Gasteiger partial charge in [0.2, 0.25) is 0 Å². The Kier molecular flexibility index (Phi) is 4.20. The molecule has 1 aliphatic carbocycles. The van der Waals surface area contributed by atoms with Crippen LogP contribution in [0.1, 0.15) is 41.1 Å². The molecule has 0 spiro atoms. The fourth-order valence-corrected chi connectivity index (χ4v) is 2.86. The summed E-state index contributed by atoms with van der Waals surface area (Å²) in [5.41, 5.74) is 2.15. The number of aryl methyl sites for hydroxylation is 1. The van der Waals surface area contributed by atoms with Gasteiger partial charge in [0.1, 0.15) is 11.4 Å². The Hall–Kier alpha value is -2.35. The average molecular weight is 328 g/mol. The highest BCUT2D eigenvalue weighted by Crippen LogP contribution is 2.29. The Morgan fingerprint density at radius 1 is 1.29 bits per heavy atom. The molecule has 3 heterocycles. The Bertz CT molecular complexity index is 713. The van der Waals surface area contributed by atoms with Gasteiger partial charge < -0.3 is 9.64 Å². The lowest BCUT2D eigenvalue weighted by Gasteiger charge is -2.19. The van der Waals surface area contributed by atoms with E-state index in [0.717, 1.165) is 31.0 Å². The molecule has 8 nitrogen and oxygen atoms in total. The zero-order valence-corrected chi connectivity index (χ0v) is 13.5. The molecule has 2 aromatic heterocycles. The van der Waals surface area contributed by atoms with Gasteiger partial charge in [0, 0.05) is 32.1 Å². The molecule has 1 amide bonds. The van der Waals surface area contributed by atoms with Crippen LogP contribution in [0.15, 0.2) is 18.6 Å². The highest BCUT2D eigenvalue weighted by molar-refractivity contribution is 5.91. The topological polar surface area (TPSA) is 86.0 Å². The van der Waals surface area contributed by atoms with Crippen LogP contribution in [0.3, 0.4) is 0 Å². The predicted molar refractivity (Wildman–Crippen MR) is 83.8 cm³/mol. The van der Waals surface area contributed by atoms with Gasteiger partial charge >= 0.3 is 0 Å². The first-order valence-corrected chi connectivity index (χ1v) is 8.35. The van der Waals surface area contributed by atoms with Crippen LogP contribution < -0.4 is 0 Å². The zero-order valence-electron chi connectivity index (χ0n) is 13.5. The van der Waals surface area contributed by atoms with Crippen LogP contribution in [-0.2, 0) is 24.4 Å². The number of fused-ring (bicyclic) bond motifs is 1. The van der Waals surface area contributed by atoms with E-state index in [1.54, 1.807) is 11.1 Å². The van der Waals surface area contributed by atoms with E-state index in [9.17, 15) is 4.79 Å². The molecule has 0 atom stereocenters. The summed E-state index contributed by atoms with van der Waals surface area (Å²) < 4.78 is 7.64. The zero-order chi connectivity index (χ0) is 16.4. The van der Waals surface area contributed by atoms with E-state index in [-0.39, 0.29) is 5.91 Å². The van der Waals surface area contributed by atoms with Crippen LogP contribution in [0.5, 0.6) is 0 Å². The number of rotatable bonds is 5. The van der Waals surface area contributed by atoms with Crippen molar-refractivity contribution in [2.24, 2.45) is 5.92 Å². The maximum atomic E-state index is 12.6. The van der Waals surface area contributed by atoms with Crippen LogP contribution in [0, 0.1) is 5.92 Å². The summed E-state index contributed by atoms with van der Waals surface area (Å²) in [7, 11) is 0. The molecule has 1 fully saturated rings. The summed E-state index contributed by atoms with van der Waals surface area (Å²) in [5, 5.41) is 8.46. The minimum Gasteiger partial charge on any atom is -0.375 e. The highest BCUT2D eigenvalue weighted by atomic mass is 16.5. The summed E-state index contributed by atoms with van der Waals surface area (Å²) in [6.07, 6.45) is 7.97. The number of ether oxygens (including phenoxy) is 1. The number of carbonyl (C=O) groups is 1. The minimum absolute atomic E-state index is 0.109. The molecular formula is C16H20N6O2. The number of carbonyl (C=O) groups excluding carboxylic acids is 1. The molecule has 0 bridgehead atoms. The van der Waals surface area contributed by atoms with E-state index >= 15 is 0 Å². The smallest absolute Gasteiger partial charge is 0.274 e. The van der Waals surface area contributed by atoms with Gasteiger partial charge in [0.25, 0.3) is 5.91 Å². The first-order chi connectivity index (χ1) is 11.8. The second kappa shape index (κ2) is 6.64. The molecule has 126 valence electrons. The van der Waals surface area contributed by atoms with Crippen molar-refractivity contribution in [2.75, 3.05) is 13.2 Å². The SMILES string of the molecule is O=C(c1cnccn1)N1CCCn2nnc(COCC3CC3)c2C1. The van der Waals surface area contributed by atoms with Crippen molar-refractivity contribution < 1.29 is 9.53 Å². The highest BCUT2D eigenvalue weighted by Gasteiger charge is 2.26. The molecule has 0 radical (unpaired) electrons. The predicted octanol–water partition coefficient (Wildman–Crippen LogP) is 1.04. The third-order valence-corrected chi connectivity index (χ3v) is 4.42. The van der Waals surface area contributed by atoms with Crippen LogP contribution in [0.4, 0.5) is 0 Å². The molecule has 4 rings (SSSR count). The molecule has 0 saturated heterocycles. The Labute approximate surface area is 139 Å². The van der Waals surface area contributed by atoms with Gasteiger partial charge in [-0.15, -0.1) is 5.10 Å². The van der Waals surface area contributed by atoms with Gasteiger partial charge in [-0.05, 0) is 25.2 Å². The first kappa shape index (κ1) is 15.2. The number of aromatic nitrogens is 5. The second-order valence-electron chi connectivity index (χ2n) is 6.34. The van der Waals surface area contributed by atoms with Gasteiger partial charge in [0.15, 0.2) is 0 Å². The van der Waals surface area contributed by atoms with Crippen LogP contribution in [-0.4, -0.2) is 48.9 Å². The molecule has 1 aliphatic heterocycles. The maximum absolute atomic E-state index is 12.6. The van der Waals surface area contributed by atoms with E-state index in [1.165, 1.54) is 25.2 Å². The van der Waals surface area contributed by atoms with Crippen molar-refractivity contribution >= 4 is 5.91 Å². The Morgan fingerprint density at radius 2 is 2.21 bits per heavy atom. The fourth-order valence-electron chi connectivity index (χ4n) is 2.86. The van der Waals surface area contributed by atoms with Crippen LogP contribution in [0.2, 0.25) is 0 Å². The van der Waals surface area contributed by atoms with Gasteiger partial charge in [-0.3, -0.25) is 9.78 Å². The molecule has 0 unspecified atom stereocenters. The summed E-state index contributed by atoms with van der Waals surface area (Å²) in [6, 6.07) is 0. The van der Waals surface area contributed by atoms with Gasteiger partial charge in [-0.2, -0.15) is 0 Å². The summed E-state index contributed by atoms with van der Waals surface area (Å²) in [6.45, 7) is 3.15. The van der Waals surface area contributed by atoms with E-state index in [4.69, 9.17) is 4.74 Å². The van der Waals surface area contributed by atoms with E-state index in [0.29, 0.717) is 31.3 Å². The third kappa shape index (κ3) is 3.28. The second-order valence-corrected chi connectivity index (χ2v) is 6.34. The molecule has 0 aromatic carbocycles. The lowest BCUT2D eigenvalue weighted by atomic mass is 10.3. The molecule has 2 aliphatic rings. The van der Waals surface area contributed by atoms with Crippen molar-refractivity contribution in [3.8, 4) is 0 Å². The molecule has 1 saturated carbocycles. The molecule has 0 N–H and O–H groups in total. The van der Waals surface area contributed by atoms with Crippen molar-refractivity contribution in [1.29, 1.82) is 0 Å². The number of hydrogen-bond donors (Lipinski definition) is 0. The molecule has 2 aromatic rings. The number of hydrogen-bond acceptors (Lipinski definition) is 6. The van der Waals surface area contributed by atoms with Gasteiger partial charge in [-0.1, -0.05) is 5.21 Å². The third-order valence-electron chi connectivity index (χ3n) is 4.42. The van der Waals surface area contributed by atoms with Crippen LogP contribution >= 0.6 is 0 Å². The molecule has 8 heteroatoms. The number of amides is 1. The van der Waals surface area contributed by atoms with Crippen molar-refractivity contribution in [3.63, 3.8) is 0 Å². The maximum Gasteiger partial charge on any atom is 0.274 e. The lowest BCUT2D eigenvalue weighted by molar-refractivity contribution is 0.0735.